The van der Waals surface area contributed by atoms with Crippen LogP contribution in [0.2, 0.25) is 0 Å². The van der Waals surface area contributed by atoms with Gasteiger partial charge in [0.1, 0.15) is 13.9 Å². The van der Waals surface area contributed by atoms with Gasteiger partial charge in [-0.15, -0.1) is 28.8 Å². The van der Waals surface area contributed by atoms with E-state index < -0.39 is 196 Å². The van der Waals surface area contributed by atoms with Crippen molar-refractivity contribution < 1.29 is 82.5 Å². The molecule has 0 atom stereocenters. The number of rotatable bonds is 11. The zero-order chi connectivity index (χ0) is 95.9. The van der Waals surface area contributed by atoms with E-state index >= 15 is 0 Å². The normalized spacial score (nSPS) is 24.8. The van der Waals surface area contributed by atoms with Crippen LogP contribution in [-0.4, -0.2) is 22.2 Å². The van der Waals surface area contributed by atoms with Crippen LogP contribution in [0.1, 0.15) is 181 Å². The maximum absolute atomic E-state index is 10.6. The summed E-state index contributed by atoms with van der Waals surface area (Å²) in [6, 6.07) is 53.1. The van der Waals surface area contributed by atoms with Crippen molar-refractivity contribution in [2.45, 2.75) is 128 Å². The van der Waals surface area contributed by atoms with E-state index in [1.165, 1.54) is 34.9 Å². The van der Waals surface area contributed by atoms with E-state index in [9.17, 15) is 35.6 Å². The minimum absolute atomic E-state index is 0. The number of imidazole rings is 1. The summed E-state index contributed by atoms with van der Waals surface area (Å²) >= 11 is 0. The van der Waals surface area contributed by atoms with Crippen LogP contribution < -0.4 is 30.1 Å². The van der Waals surface area contributed by atoms with Gasteiger partial charge in [-0.3, -0.25) is 4.57 Å². The van der Waals surface area contributed by atoms with Crippen LogP contribution in [0.5, 0.6) is 11.5 Å². The molecule has 0 unspecified atom stereocenters. The van der Waals surface area contributed by atoms with Gasteiger partial charge in [-0.1, -0.05) is 285 Å². The Hall–Kier alpha value is -8.67. The third-order valence-electron chi connectivity index (χ3n) is 17.1. The fraction of sp³-hybridized carbons (Fsp3) is 0.233. The largest absolute Gasteiger partial charge is 0.510 e. The number of para-hydroxylation sites is 4. The number of nitrogens with zero attached hydrogens (tertiary/aromatic N) is 4. The third-order valence-corrected chi connectivity index (χ3v) is 21.9. The van der Waals surface area contributed by atoms with Crippen molar-refractivity contribution in [3.63, 3.8) is 0 Å². The molecule has 2 aliphatic rings. The van der Waals surface area contributed by atoms with Crippen LogP contribution in [0.3, 0.4) is 0 Å². The fourth-order valence-electron chi connectivity index (χ4n) is 12.7. The molecule has 2 aliphatic carbocycles. The van der Waals surface area contributed by atoms with Crippen LogP contribution >= 0.6 is 0 Å². The van der Waals surface area contributed by atoms with E-state index in [0.29, 0.717) is 16.5 Å². The maximum Gasteiger partial charge on any atom is 0.268 e. The molecule has 466 valence electrons. The Labute approximate surface area is 618 Å². The average molecular weight is 1450 g/mol. The molecule has 0 N–H and O–H groups in total. The first-order valence-electron chi connectivity index (χ1n) is 48.6. The molecule has 15 rings (SSSR count). The van der Waals surface area contributed by atoms with Crippen LogP contribution in [-0.2, 0) is 48.1 Å². The Morgan fingerprint density at radius 3 is 1.62 bits per heavy atom. The summed E-state index contributed by atoms with van der Waals surface area (Å²) in [5, 5.41) is 4.97. The zero-order valence-corrected chi connectivity index (χ0v) is 53.3. The number of aromatic nitrogens is 4. The van der Waals surface area contributed by atoms with E-state index in [1.807, 2.05) is 132 Å². The van der Waals surface area contributed by atoms with Crippen molar-refractivity contribution in [2.75, 3.05) is 0 Å². The van der Waals surface area contributed by atoms with Gasteiger partial charge in [-0.25, -0.2) is 4.98 Å². The van der Waals surface area contributed by atoms with Crippen molar-refractivity contribution in [1.82, 2.24) is 14.1 Å². The third kappa shape index (κ3) is 10.5. The van der Waals surface area contributed by atoms with E-state index in [1.54, 1.807) is 18.3 Å². The van der Waals surface area contributed by atoms with Gasteiger partial charge in [0.05, 0.1) is 24.9 Å². The van der Waals surface area contributed by atoms with Gasteiger partial charge in [-0.2, -0.15) is 18.2 Å². The summed E-state index contributed by atoms with van der Waals surface area (Å²) in [6.45, 7) is -30.4. The second-order valence-corrected chi connectivity index (χ2v) is 27.9. The topological polar surface area (TPSA) is 35.9 Å². The van der Waals surface area contributed by atoms with Crippen molar-refractivity contribution in [3.05, 3.63) is 283 Å². The number of hydrogen-bond donors (Lipinski definition) is 0. The Kier molecular flexibility index (Phi) is 7.94. The molecule has 5 nitrogen and oxygen atoms in total. The standard InChI is InChI=1S/C86H80N4OSi.Pt/c1-82(2,3)60-45-50-87-80(53-60)90-74-38-22-21-35-68(74)69-55-79(92(63-29-15-12-16-30-63,64-31-17-13-18-32-64)65-33-19-14-20-34-65)78(56-77(69)90)91-62-28-25-27-61(54-62)88-57-89(76-40-24-23-39-75(76)88)81-66(58-41-43-70-72(51-58)85(8,9)48-46-83(70,4)5)36-26-37-67(81)59-42-44-71-73(52-59)86(10,11)49-47-84(71,6)7;/h12-45,50-53,55H,46-49H2,1-11H3;/q-2;/i4D3,5D3,6D3,7D3,8D3,9D3,10D3,11D3,41D,42D,43D,44D,46D2,47D2,48D2,49D2,51D,52D;. The fourth-order valence-corrected chi connectivity index (χ4v) is 17.5. The molecule has 0 bridgehead atoms. The van der Waals surface area contributed by atoms with Gasteiger partial charge >= 0.3 is 0 Å². The summed E-state index contributed by atoms with van der Waals surface area (Å²) in [7, 11) is -3.76. The molecule has 7 heteroatoms. The maximum atomic E-state index is 10.6. The first-order chi connectivity index (χ1) is 59.8. The second-order valence-electron chi connectivity index (χ2n) is 24.1. The first kappa shape index (κ1) is 32.0. The minimum Gasteiger partial charge on any atom is -0.510 e. The summed E-state index contributed by atoms with van der Waals surface area (Å²) < 4.78 is 369. The van der Waals surface area contributed by atoms with Crippen molar-refractivity contribution >= 4 is 61.7 Å². The minimum atomic E-state index is -4.88. The van der Waals surface area contributed by atoms with Gasteiger partial charge in [0.2, 0.25) is 0 Å². The van der Waals surface area contributed by atoms with Crippen LogP contribution in [0.25, 0.3) is 72.3 Å². The molecule has 0 amide bonds. The van der Waals surface area contributed by atoms with E-state index in [0.717, 1.165) is 60.2 Å². The molecule has 10 aromatic carbocycles. The number of hydrogen-bond acceptors (Lipinski definition) is 2. The summed E-state index contributed by atoms with van der Waals surface area (Å²) in [4.78, 5) is 4.96. The summed E-state index contributed by atoms with van der Waals surface area (Å²) in [6.07, 6.45) is -14.5. The van der Waals surface area contributed by atoms with E-state index in [4.69, 9.17) is 26.2 Å². The predicted octanol–water partition coefficient (Wildman–Crippen LogP) is 18.3. The average Bonchev–Trinajstić information content (AvgIpc) is 0.937. The quantitative estimate of drug-likeness (QED) is 0.0560. The molecular formula is C86H80N4OPtSi-2. The van der Waals surface area contributed by atoms with Gasteiger partial charge in [0, 0.05) is 88.1 Å². The van der Waals surface area contributed by atoms with Crippen LogP contribution in [0.4, 0.5) is 0 Å². The van der Waals surface area contributed by atoms with Gasteiger partial charge < -0.3 is 13.9 Å². The van der Waals surface area contributed by atoms with E-state index in [2.05, 4.69) is 45.3 Å². The molecule has 0 spiro atoms. The first-order valence-corrected chi connectivity index (χ1v) is 31.6. The van der Waals surface area contributed by atoms with Gasteiger partial charge in [0.25, 0.3) is 6.33 Å². The molecule has 93 heavy (non-hydrogen) atoms. The Morgan fingerprint density at radius 2 is 1.06 bits per heavy atom. The Balaban J connectivity index is 0.0000138. The molecule has 0 aliphatic heterocycles. The van der Waals surface area contributed by atoms with Crippen molar-refractivity contribution in [3.8, 4) is 50.9 Å². The molecule has 0 saturated heterocycles. The zero-order valence-electron chi connectivity index (χ0n) is 88.1. The van der Waals surface area contributed by atoms with Crippen molar-refractivity contribution in [2.24, 2.45) is 0 Å². The Morgan fingerprint density at radius 1 is 0.548 bits per heavy atom. The number of ether oxygens (including phenoxy) is 1. The van der Waals surface area contributed by atoms with E-state index in [-0.39, 0.29) is 54.7 Å². The number of fused-ring (bicyclic) bond motifs is 6. The molecule has 0 saturated carbocycles. The summed E-state index contributed by atoms with van der Waals surface area (Å²) in [5.41, 5.74) is -30.3. The van der Waals surface area contributed by atoms with Crippen LogP contribution in [0.15, 0.2) is 237 Å². The molecular weight excluding hydrogens is 1330 g/mol. The molecule has 0 fully saturated rings. The van der Waals surface area contributed by atoms with Crippen molar-refractivity contribution in [1.29, 1.82) is 0 Å². The van der Waals surface area contributed by atoms with Gasteiger partial charge in [-0.05, 0) is 132 Å². The molecule has 3 aromatic heterocycles. The second kappa shape index (κ2) is 23.1. The van der Waals surface area contributed by atoms with Crippen LogP contribution in [0, 0.1) is 18.5 Å². The monoisotopic (exact) mass is 1450 g/mol. The number of pyridine rings is 1. The molecule has 13 aromatic rings. The predicted molar refractivity (Wildman–Crippen MR) is 384 cm³/mol. The number of benzene rings is 10. The molecule has 0 radical (unpaired) electrons. The Bertz CT molecular complexity index is 6400. The summed E-state index contributed by atoms with van der Waals surface area (Å²) in [5.74, 6) is 0.657. The smallest absolute Gasteiger partial charge is 0.268 e. The van der Waals surface area contributed by atoms with Gasteiger partial charge in [0.15, 0.2) is 0 Å². The SMILES string of the molecule is [2H]c1c([2H])c2c(c([2H])c1-c1cccc(-c3c([2H])c([2H])c4c(c3[2H])C(C([2H])([2H])[2H])(C([2H])([2H])[2H])C([2H])([2H])C([2H])([2H])C4(C([2H])([2H])[2H])C([2H])([2H])[2H])c1-[n+]1[c-]n(-c3[c-]c(Oc4[c-]c5c(cc4[Si](c4ccccc4)(c4ccccc4)c4ccccc4)c4ccccc4n5-c4cc(C(C)(C)C)ccn4)ccc3)c3ccccc31)C(C([2H])([2H])[2H])(C([2H])([2H])[2H])C([2H])([2H])C([2H])([2H])C2(C([2H])([2H])[2H])C([2H])([2H])[2H].[Pt]. The molecule has 3 heterocycles.